The first-order valence-corrected chi connectivity index (χ1v) is 57.6. The van der Waals surface area contributed by atoms with Gasteiger partial charge in [0.2, 0.25) is 0 Å². The van der Waals surface area contributed by atoms with Crippen LogP contribution in [0.5, 0.6) is 0 Å². The molecule has 0 saturated carbocycles. The van der Waals surface area contributed by atoms with Gasteiger partial charge in [-0.2, -0.15) is 0 Å². The van der Waals surface area contributed by atoms with E-state index in [9.17, 15) is 0 Å². The molecule has 13 aromatic rings. The van der Waals surface area contributed by atoms with Crippen molar-refractivity contribution in [3.8, 4) is 44.5 Å². The Kier molecular flexibility index (Phi) is 36.0. The number of para-hydroxylation sites is 4. The van der Waals surface area contributed by atoms with Gasteiger partial charge in [0.25, 0.3) is 0 Å². The lowest BCUT2D eigenvalue weighted by molar-refractivity contribution is 0.397. The molecule has 0 spiro atoms. The highest BCUT2D eigenvalue weighted by molar-refractivity contribution is 9.11. The standard InChI is InChI=1S/C138H158Br2N2/c1-9-17-25-45-85-135(86-46-26-18-10-2)125-93-107(75-81-117(125)121-99-131-123(101-129(121)135)119-83-79-115(141(111-53-37-33-38-54-111)112-55-39-34-40-56-112)97-127(119)137(131,89-49-29-21-13-5)90-50-30-22-14-6)71-69-103-61-65-105(66-62-103)73-77-109-95-134(140)110(96-133(109)139)78-74-106-67-63-104(64-68-106)70-72-108-76-82-118-122-100-132-124(102-130(122)136(126(118)94-108,87-47-27-19-11-3)88-48-28-20-12-4)120-84-80-116(142(113-57-41-35-42-58-113)114-59-43-36-44-60-114)98-128(120)138(132,91-51-31-23-15-7)92-52-32-24-16-8/h33-44,53-84,93-102H,9-32,45-52,85-92H2,1-8H3/b71-69+,72-70+,77-73+,78-74+. The summed E-state index contributed by atoms with van der Waals surface area (Å²) in [4.78, 5) is 5.00. The van der Waals surface area contributed by atoms with Gasteiger partial charge < -0.3 is 9.80 Å². The smallest absolute Gasteiger partial charge is 0.0465 e. The Balaban J connectivity index is 0.614. The average molecular weight is 2000 g/mol. The van der Waals surface area contributed by atoms with Gasteiger partial charge in [0.1, 0.15) is 0 Å². The Bertz CT molecular complexity index is 5910. The SMILES string of the molecule is CCCCCCC1(CCCCCC)c2cc(/C=C/c3ccc(/C=C/c4cc(Br)c(/C=C/c5ccc(/C=C/c6ccc7c(c6)C(CCCCCC)(CCCCCC)c6cc8c(cc6-7)C(CCCCCC)(CCCCCC)c6cc(N(c7ccccc7)c7ccccc7)ccc6-8)cc5)cc4Br)cc3)ccc2-c2cc3c(cc21)-c1ccc(N(c2ccccc2)c2ccccc2)cc1C3(CCCCCC)CCCCCC. The van der Waals surface area contributed by atoms with Crippen LogP contribution in [0.1, 0.15) is 401 Å². The molecule has 734 valence electrons. The van der Waals surface area contributed by atoms with Crippen molar-refractivity contribution in [3.05, 3.63) is 377 Å². The predicted octanol–water partition coefficient (Wildman–Crippen LogP) is 43.7. The monoisotopic (exact) mass is 2000 g/mol. The highest BCUT2D eigenvalue weighted by Crippen LogP contribution is 2.65. The Labute approximate surface area is 872 Å². The van der Waals surface area contributed by atoms with E-state index in [4.69, 9.17) is 0 Å². The van der Waals surface area contributed by atoms with E-state index in [1.165, 1.54) is 369 Å². The van der Waals surface area contributed by atoms with Crippen LogP contribution < -0.4 is 9.80 Å². The van der Waals surface area contributed by atoms with Crippen LogP contribution in [0.25, 0.3) is 93.1 Å². The molecule has 13 aromatic carbocycles. The molecule has 0 fully saturated rings. The molecule has 17 rings (SSSR count). The summed E-state index contributed by atoms with van der Waals surface area (Å²) >= 11 is 8.03. The minimum absolute atomic E-state index is 0.0747. The minimum atomic E-state index is -0.0925. The molecule has 0 N–H and O–H groups in total. The molecule has 2 nitrogen and oxygen atoms in total. The van der Waals surface area contributed by atoms with Gasteiger partial charge in [-0.15, -0.1) is 0 Å². The second-order valence-corrected chi connectivity index (χ2v) is 44.1. The number of hydrogen-bond acceptors (Lipinski definition) is 2. The molecule has 0 atom stereocenters. The maximum Gasteiger partial charge on any atom is 0.0465 e. The van der Waals surface area contributed by atoms with E-state index >= 15 is 0 Å². The van der Waals surface area contributed by atoms with Gasteiger partial charge in [-0.25, -0.2) is 0 Å². The van der Waals surface area contributed by atoms with Crippen LogP contribution in [-0.2, 0) is 21.7 Å². The van der Waals surface area contributed by atoms with Crippen LogP contribution in [0.4, 0.5) is 34.1 Å². The van der Waals surface area contributed by atoms with Crippen molar-refractivity contribution in [3.63, 3.8) is 0 Å². The lowest BCUT2D eigenvalue weighted by Gasteiger charge is -2.35. The number of unbranched alkanes of at least 4 members (excludes halogenated alkanes) is 24. The van der Waals surface area contributed by atoms with E-state index < -0.39 is 0 Å². The molecule has 0 aromatic heterocycles. The number of halogens is 2. The summed E-state index contributed by atoms with van der Waals surface area (Å²) in [6, 6.07) is 109. The minimum Gasteiger partial charge on any atom is -0.310 e. The Morgan fingerprint density at radius 3 is 0.606 bits per heavy atom. The van der Waals surface area contributed by atoms with E-state index in [0.717, 1.165) is 20.1 Å². The zero-order chi connectivity index (χ0) is 98.1. The molecule has 0 aliphatic heterocycles. The van der Waals surface area contributed by atoms with E-state index in [2.05, 4.69) is 425 Å². The van der Waals surface area contributed by atoms with Crippen molar-refractivity contribution in [1.29, 1.82) is 0 Å². The van der Waals surface area contributed by atoms with Gasteiger partial charge in [0.05, 0.1) is 0 Å². The van der Waals surface area contributed by atoms with Gasteiger partial charge in [-0.1, -0.05) is 511 Å². The molecular formula is C138H158Br2N2. The van der Waals surface area contributed by atoms with E-state index in [-0.39, 0.29) is 21.7 Å². The van der Waals surface area contributed by atoms with Crippen LogP contribution in [-0.4, -0.2) is 0 Å². The molecular weight excluding hydrogens is 1850 g/mol. The molecule has 0 saturated heterocycles. The third kappa shape index (κ3) is 22.9. The zero-order valence-electron chi connectivity index (χ0n) is 87.1. The van der Waals surface area contributed by atoms with Crippen LogP contribution in [0, 0.1) is 0 Å². The summed E-state index contributed by atoms with van der Waals surface area (Å²) in [6.07, 6.45) is 68.0. The van der Waals surface area contributed by atoms with E-state index in [0.29, 0.717) is 0 Å². The van der Waals surface area contributed by atoms with Gasteiger partial charge in [0, 0.05) is 64.7 Å². The Morgan fingerprint density at radius 1 is 0.176 bits per heavy atom. The quantitative estimate of drug-likeness (QED) is 0.0277. The lowest BCUT2D eigenvalue weighted by atomic mass is 9.68. The second kappa shape index (κ2) is 49.8. The molecule has 0 radical (unpaired) electrons. The van der Waals surface area contributed by atoms with Crippen molar-refractivity contribution in [2.75, 3.05) is 9.80 Å². The van der Waals surface area contributed by atoms with Gasteiger partial charge in [-0.3, -0.25) is 0 Å². The van der Waals surface area contributed by atoms with Crippen molar-refractivity contribution < 1.29 is 0 Å². The predicted molar refractivity (Wildman–Crippen MR) is 628 cm³/mol. The van der Waals surface area contributed by atoms with Gasteiger partial charge >= 0.3 is 0 Å². The van der Waals surface area contributed by atoms with Crippen LogP contribution >= 0.6 is 31.9 Å². The topological polar surface area (TPSA) is 6.48 Å². The Morgan fingerprint density at radius 2 is 0.373 bits per heavy atom. The van der Waals surface area contributed by atoms with E-state index in [1.54, 1.807) is 44.5 Å². The largest absolute Gasteiger partial charge is 0.310 e. The first kappa shape index (κ1) is 103. The highest BCUT2D eigenvalue weighted by Gasteiger charge is 2.51. The van der Waals surface area contributed by atoms with Crippen LogP contribution in [0.15, 0.2) is 288 Å². The highest BCUT2D eigenvalue weighted by atomic mass is 79.9. The zero-order valence-corrected chi connectivity index (χ0v) is 90.3. The fourth-order valence-electron chi connectivity index (χ4n) is 25.2. The number of rotatable bonds is 54. The lowest BCUT2D eigenvalue weighted by Crippen LogP contribution is -2.27. The third-order valence-corrected chi connectivity index (χ3v) is 34.1. The van der Waals surface area contributed by atoms with Crippen molar-refractivity contribution in [2.24, 2.45) is 0 Å². The average Bonchev–Trinajstić information content (AvgIpc) is 1.53. The van der Waals surface area contributed by atoms with Crippen LogP contribution in [0.2, 0.25) is 0 Å². The maximum atomic E-state index is 4.02. The number of hydrogen-bond donors (Lipinski definition) is 0. The summed E-state index contributed by atoms with van der Waals surface area (Å²) in [5, 5.41) is 0. The third-order valence-electron chi connectivity index (χ3n) is 32.8. The van der Waals surface area contributed by atoms with Gasteiger partial charge in [-0.05, 0) is 294 Å². The summed E-state index contributed by atoms with van der Waals surface area (Å²) < 4.78 is 2.11. The summed E-state index contributed by atoms with van der Waals surface area (Å²) in [5.41, 5.74) is 41.0. The van der Waals surface area contributed by atoms with Crippen LogP contribution in [0.3, 0.4) is 0 Å². The van der Waals surface area contributed by atoms with Crippen molar-refractivity contribution in [1.82, 2.24) is 0 Å². The number of benzene rings is 13. The summed E-state index contributed by atoms with van der Waals surface area (Å²) in [6.45, 7) is 18.9. The van der Waals surface area contributed by atoms with Crippen molar-refractivity contribution in [2.45, 2.75) is 334 Å². The first-order chi connectivity index (χ1) is 69.8. The van der Waals surface area contributed by atoms with Gasteiger partial charge in [0.15, 0.2) is 0 Å². The van der Waals surface area contributed by atoms with E-state index in [1.807, 2.05) is 0 Å². The molecule has 0 unspecified atom stereocenters. The summed E-state index contributed by atoms with van der Waals surface area (Å²) in [7, 11) is 0. The first-order valence-electron chi connectivity index (χ1n) is 56.0. The maximum absolute atomic E-state index is 4.02. The number of fused-ring (bicyclic) bond motifs is 12. The molecule has 142 heavy (non-hydrogen) atoms. The fraction of sp³-hybridized carbons (Fsp3) is 0.377. The molecule has 0 heterocycles. The molecule has 4 aliphatic carbocycles. The molecule has 4 heteroatoms. The van der Waals surface area contributed by atoms with Crippen molar-refractivity contribution >= 4 is 115 Å². The fourth-order valence-corrected chi connectivity index (χ4v) is 26.2. The molecule has 4 aliphatic rings. The number of nitrogens with zero attached hydrogens (tertiary/aromatic N) is 2. The Hall–Kier alpha value is -10.6. The summed E-state index contributed by atoms with van der Waals surface area (Å²) in [5.74, 6) is 0. The number of anilines is 6. The normalized spacial score (nSPS) is 14.1. The molecule has 0 bridgehead atoms. The molecule has 0 amide bonds. The second-order valence-electron chi connectivity index (χ2n) is 42.3.